The summed E-state index contributed by atoms with van der Waals surface area (Å²) in [6.07, 6.45) is -4.51. The molecule has 11 heteroatoms. The summed E-state index contributed by atoms with van der Waals surface area (Å²) in [5.74, 6) is 0. The molecule has 2 unspecified atom stereocenters. The molecule has 32 heavy (non-hydrogen) atoms. The molecule has 0 aromatic heterocycles. The molecule has 1 aromatic rings. The third-order valence-corrected chi connectivity index (χ3v) is 12.0. The Bertz CT molecular complexity index is 886. The second kappa shape index (κ2) is 9.04. The van der Waals surface area contributed by atoms with Gasteiger partial charge in [-0.05, 0) is 18.1 Å². The van der Waals surface area contributed by atoms with Crippen LogP contribution in [0.5, 0.6) is 0 Å². The zero-order chi connectivity index (χ0) is 23.1. The van der Waals surface area contributed by atoms with E-state index in [-0.39, 0.29) is 25.0 Å². The predicted molar refractivity (Wildman–Crippen MR) is 116 cm³/mol. The van der Waals surface area contributed by atoms with Gasteiger partial charge in [0.25, 0.3) is 0 Å². The number of rotatable bonds is 4. The van der Waals surface area contributed by atoms with E-state index < -0.39 is 55.5 Å². The van der Waals surface area contributed by atoms with Crippen molar-refractivity contribution in [2.75, 3.05) is 20.0 Å². The first kappa shape index (κ1) is 24.2. The summed E-state index contributed by atoms with van der Waals surface area (Å²) < 4.78 is 65.5. The van der Waals surface area contributed by atoms with E-state index in [0.717, 1.165) is 5.56 Å². The molecule has 3 aliphatic rings. The van der Waals surface area contributed by atoms with Crippen LogP contribution in [0.2, 0.25) is 18.1 Å². The number of hydrogen-bond donors (Lipinski definition) is 0. The summed E-state index contributed by atoms with van der Waals surface area (Å²) in [5.41, 5.74) is 0.820. The molecule has 0 radical (unpaired) electrons. The summed E-state index contributed by atoms with van der Waals surface area (Å²) in [7, 11) is -6.42. The van der Waals surface area contributed by atoms with Crippen molar-refractivity contribution < 1.29 is 40.2 Å². The molecule has 4 rings (SSSR count). The molecule has 1 aromatic carbocycles. The molecule has 3 saturated heterocycles. The molecule has 0 bridgehead atoms. The quantitative estimate of drug-likeness (QED) is 0.592. The molecule has 0 spiro atoms. The largest absolute Gasteiger partial charge is 0.414 e. The topological polar surface area (TPSA) is 98.8 Å². The predicted octanol–water partition coefficient (Wildman–Crippen LogP) is 2.89. The van der Waals surface area contributed by atoms with Gasteiger partial charge in [0.05, 0.1) is 13.2 Å². The van der Waals surface area contributed by atoms with E-state index >= 15 is 0 Å². The lowest BCUT2D eigenvalue weighted by molar-refractivity contribution is -0.279. The molecule has 0 amide bonds. The van der Waals surface area contributed by atoms with Crippen LogP contribution in [-0.4, -0.2) is 67.3 Å². The Morgan fingerprint density at radius 3 is 2.41 bits per heavy atom. The van der Waals surface area contributed by atoms with Crippen LogP contribution in [0.15, 0.2) is 30.3 Å². The Labute approximate surface area is 190 Å². The van der Waals surface area contributed by atoms with Crippen LogP contribution in [0.4, 0.5) is 0 Å². The Morgan fingerprint density at radius 2 is 1.72 bits per heavy atom. The number of hydrogen-bond acceptors (Lipinski definition) is 9. The first-order chi connectivity index (χ1) is 15.0. The summed E-state index contributed by atoms with van der Waals surface area (Å²) >= 11 is 0. The van der Waals surface area contributed by atoms with E-state index in [1.54, 1.807) is 0 Å². The van der Waals surface area contributed by atoms with E-state index in [2.05, 4.69) is 33.9 Å². The minimum Gasteiger partial charge on any atom is -0.414 e. The van der Waals surface area contributed by atoms with Gasteiger partial charge >= 0.3 is 10.4 Å². The normalized spacial score (nSPS) is 35.4. The van der Waals surface area contributed by atoms with Crippen LogP contribution in [-0.2, 0) is 42.1 Å². The van der Waals surface area contributed by atoms with E-state index in [1.165, 1.54) is 0 Å². The van der Waals surface area contributed by atoms with Gasteiger partial charge in [0.15, 0.2) is 14.6 Å². The average Bonchev–Trinajstić information content (AvgIpc) is 2.90. The van der Waals surface area contributed by atoms with Crippen molar-refractivity contribution >= 4 is 18.7 Å². The molecule has 0 aliphatic carbocycles. The first-order valence-corrected chi connectivity index (χ1v) is 15.0. The monoisotopic (exact) mass is 488 g/mol. The second-order valence-electron chi connectivity index (χ2n) is 9.81. The van der Waals surface area contributed by atoms with Crippen molar-refractivity contribution in [3.8, 4) is 0 Å². The Kier molecular flexibility index (Phi) is 6.85. The zero-order valence-corrected chi connectivity index (χ0v) is 20.9. The Morgan fingerprint density at radius 1 is 1.00 bits per heavy atom. The van der Waals surface area contributed by atoms with Gasteiger partial charge in [-0.15, -0.1) is 0 Å². The maximum Gasteiger partial charge on any atom is 0.400 e. The Balaban J connectivity index is 1.56. The molecule has 3 aliphatic heterocycles. The van der Waals surface area contributed by atoms with Crippen molar-refractivity contribution in [3.63, 3.8) is 0 Å². The summed E-state index contributed by atoms with van der Waals surface area (Å²) in [4.78, 5) is 0. The zero-order valence-electron chi connectivity index (χ0n) is 19.1. The fourth-order valence-corrected chi connectivity index (χ4v) is 5.69. The highest BCUT2D eigenvalue weighted by atomic mass is 32.3. The van der Waals surface area contributed by atoms with E-state index in [0.29, 0.717) is 0 Å². The van der Waals surface area contributed by atoms with Crippen molar-refractivity contribution in [2.45, 2.75) is 75.7 Å². The summed E-state index contributed by atoms with van der Waals surface area (Å²) in [6, 6.07) is 9.43. The lowest BCUT2D eigenvalue weighted by Gasteiger charge is -2.43. The van der Waals surface area contributed by atoms with Gasteiger partial charge in [0.1, 0.15) is 37.3 Å². The third-order valence-electron chi connectivity index (χ3n) is 6.57. The molecule has 6 atom stereocenters. The SMILES string of the molecule is CC(C)(C)[Si](C)(C)OCC1OS(=O)(=O)OC2[C@H]1OCO[C@@H]1CO[C@@H](c3ccccc3)O[C@@H]21. The first-order valence-electron chi connectivity index (χ1n) is 10.8. The minimum atomic E-state index is -4.28. The fourth-order valence-electron chi connectivity index (χ4n) is 3.67. The third kappa shape index (κ3) is 5.11. The number of fused-ring (bicyclic) bond motifs is 3. The van der Waals surface area contributed by atoms with E-state index in [4.69, 9.17) is 31.7 Å². The van der Waals surface area contributed by atoms with Crippen LogP contribution in [0, 0.1) is 0 Å². The molecular formula is C21H32O9SSi. The van der Waals surface area contributed by atoms with Crippen LogP contribution < -0.4 is 0 Å². The maximum absolute atomic E-state index is 12.5. The molecule has 0 saturated carbocycles. The van der Waals surface area contributed by atoms with Gasteiger partial charge < -0.3 is 23.4 Å². The van der Waals surface area contributed by atoms with Gasteiger partial charge in [0, 0.05) is 5.56 Å². The van der Waals surface area contributed by atoms with Crippen molar-refractivity contribution in [3.05, 3.63) is 35.9 Å². The van der Waals surface area contributed by atoms with Crippen molar-refractivity contribution in [1.82, 2.24) is 0 Å². The van der Waals surface area contributed by atoms with E-state index in [1.807, 2.05) is 30.3 Å². The van der Waals surface area contributed by atoms with Crippen LogP contribution >= 0.6 is 0 Å². The van der Waals surface area contributed by atoms with Crippen LogP contribution in [0.25, 0.3) is 0 Å². The lowest BCUT2D eigenvalue weighted by atomic mass is 9.98. The van der Waals surface area contributed by atoms with Gasteiger partial charge in [-0.25, -0.2) is 8.37 Å². The fraction of sp³-hybridized carbons (Fsp3) is 0.714. The smallest absolute Gasteiger partial charge is 0.400 e. The maximum atomic E-state index is 12.5. The van der Waals surface area contributed by atoms with Gasteiger partial charge in [-0.1, -0.05) is 51.1 Å². The molecule has 3 fully saturated rings. The number of benzene rings is 1. The van der Waals surface area contributed by atoms with Crippen LogP contribution in [0.3, 0.4) is 0 Å². The van der Waals surface area contributed by atoms with Gasteiger partial charge in [-0.3, -0.25) is 0 Å². The average molecular weight is 489 g/mol. The highest BCUT2D eigenvalue weighted by Crippen LogP contribution is 2.39. The second-order valence-corrected chi connectivity index (χ2v) is 15.8. The van der Waals surface area contributed by atoms with Crippen molar-refractivity contribution in [1.29, 1.82) is 0 Å². The molecule has 0 N–H and O–H groups in total. The Hall–Kier alpha value is -0.893. The molecule has 9 nitrogen and oxygen atoms in total. The van der Waals surface area contributed by atoms with Crippen LogP contribution in [0.1, 0.15) is 32.6 Å². The standard InChI is InChI=1S/C21H32O9SSi/c1-21(2,3)32(4,5)27-12-16-17-19(30-31(22,23)29-16)18-15(25-13-26-17)11-24-20(28-18)14-9-7-6-8-10-14/h6-10,15-20H,11-13H2,1-5H3/t15-,16?,17+,18-,19?,20-/m1/s1. The highest BCUT2D eigenvalue weighted by molar-refractivity contribution is 7.82. The molecule has 180 valence electrons. The van der Waals surface area contributed by atoms with E-state index in [9.17, 15) is 8.42 Å². The number of ether oxygens (including phenoxy) is 4. The van der Waals surface area contributed by atoms with Gasteiger partial charge in [0.2, 0.25) is 0 Å². The summed E-state index contributed by atoms with van der Waals surface area (Å²) in [5, 5.41) is -0.0400. The van der Waals surface area contributed by atoms with Gasteiger partial charge in [-0.2, -0.15) is 8.42 Å². The van der Waals surface area contributed by atoms with Crippen molar-refractivity contribution in [2.24, 2.45) is 0 Å². The molecular weight excluding hydrogens is 456 g/mol. The lowest BCUT2D eigenvalue weighted by Crippen LogP contribution is -2.59. The highest BCUT2D eigenvalue weighted by Gasteiger charge is 2.54. The summed E-state index contributed by atoms with van der Waals surface area (Å²) in [6.45, 7) is 10.8. The molecule has 3 heterocycles. The minimum absolute atomic E-state index is 0.0400.